The maximum absolute atomic E-state index is 11.8. The van der Waals surface area contributed by atoms with Crippen molar-refractivity contribution >= 4 is 40.5 Å². The molecular weight excluding hydrogens is 339 g/mol. The average Bonchev–Trinajstić information content (AvgIpc) is 2.83. The van der Waals surface area contributed by atoms with E-state index >= 15 is 0 Å². The van der Waals surface area contributed by atoms with E-state index in [-0.39, 0.29) is 22.0 Å². The van der Waals surface area contributed by atoms with E-state index in [2.05, 4.69) is 6.92 Å². The molecule has 0 spiro atoms. The summed E-state index contributed by atoms with van der Waals surface area (Å²) < 4.78 is 5.23. The van der Waals surface area contributed by atoms with Gasteiger partial charge in [-0.25, -0.2) is 4.79 Å². The number of benzene rings is 1. The van der Waals surface area contributed by atoms with Crippen molar-refractivity contribution < 1.29 is 19.4 Å². The molecule has 1 N–H and O–H groups in total. The molecule has 2 aliphatic carbocycles. The molecule has 2 aliphatic rings. The number of ketones is 1. The highest BCUT2D eigenvalue weighted by Crippen LogP contribution is 2.55. The Labute approximate surface area is 143 Å². The molecule has 0 aromatic heterocycles. The van der Waals surface area contributed by atoms with Crippen LogP contribution in [-0.4, -0.2) is 23.5 Å². The van der Waals surface area contributed by atoms with Crippen LogP contribution in [0.15, 0.2) is 24.3 Å². The molecule has 1 aromatic carbocycles. The summed E-state index contributed by atoms with van der Waals surface area (Å²) in [5, 5.41) is 9.22. The largest absolute Gasteiger partial charge is 0.480 e. The molecule has 1 unspecified atom stereocenters. The average molecular weight is 353 g/mol. The maximum atomic E-state index is 11.8. The Balaban J connectivity index is 2.12. The molecule has 3 rings (SSSR count). The van der Waals surface area contributed by atoms with Crippen LogP contribution in [0, 0.1) is 5.41 Å². The van der Waals surface area contributed by atoms with Crippen molar-refractivity contribution in [1.82, 2.24) is 0 Å². The van der Waals surface area contributed by atoms with Crippen LogP contribution in [0.25, 0.3) is 5.57 Å². The zero-order valence-corrected chi connectivity index (χ0v) is 13.9. The van der Waals surface area contributed by atoms with Crippen LogP contribution in [0.4, 0.5) is 0 Å². The molecule has 0 bridgehead atoms. The van der Waals surface area contributed by atoms with Crippen LogP contribution >= 0.6 is 23.2 Å². The van der Waals surface area contributed by atoms with Gasteiger partial charge in [-0.1, -0.05) is 36.2 Å². The number of fused-ring (bicyclic) bond motifs is 3. The lowest BCUT2D eigenvalue weighted by Crippen LogP contribution is -2.20. The number of aliphatic carboxylic acids is 1. The predicted molar refractivity (Wildman–Crippen MR) is 88.1 cm³/mol. The highest BCUT2D eigenvalue weighted by molar-refractivity contribution is 6.44. The molecule has 120 valence electrons. The van der Waals surface area contributed by atoms with Gasteiger partial charge in [-0.2, -0.15) is 0 Å². The Morgan fingerprint density at radius 1 is 1.39 bits per heavy atom. The van der Waals surface area contributed by atoms with Gasteiger partial charge < -0.3 is 9.84 Å². The summed E-state index contributed by atoms with van der Waals surface area (Å²) >= 11 is 12.6. The lowest BCUT2D eigenvalue weighted by Gasteiger charge is -2.28. The van der Waals surface area contributed by atoms with Gasteiger partial charge >= 0.3 is 5.97 Å². The van der Waals surface area contributed by atoms with Crippen molar-refractivity contribution in [1.29, 1.82) is 0 Å². The number of carbonyl (C=O) groups is 2. The third kappa shape index (κ3) is 2.56. The number of halogens is 2. The summed E-state index contributed by atoms with van der Waals surface area (Å²) in [5.41, 5.74) is 2.28. The fourth-order valence-corrected chi connectivity index (χ4v) is 3.76. The highest BCUT2D eigenvalue weighted by Gasteiger charge is 2.42. The van der Waals surface area contributed by atoms with E-state index in [0.717, 1.165) is 23.1 Å². The number of carboxylic acid groups (broad SMARTS) is 1. The fraction of sp³-hybridized carbons (Fsp3) is 0.294. The van der Waals surface area contributed by atoms with Crippen LogP contribution in [-0.2, 0) is 16.0 Å². The van der Waals surface area contributed by atoms with Crippen LogP contribution in [0.1, 0.15) is 24.5 Å². The van der Waals surface area contributed by atoms with Gasteiger partial charge in [-0.15, -0.1) is 0 Å². The number of allylic oxidation sites excluding steroid dienone is 4. The zero-order valence-electron chi connectivity index (χ0n) is 12.4. The lowest BCUT2D eigenvalue weighted by atomic mass is 9.75. The summed E-state index contributed by atoms with van der Waals surface area (Å²) in [6.45, 7) is 1.56. The van der Waals surface area contributed by atoms with E-state index in [4.69, 9.17) is 33.0 Å². The Bertz CT molecular complexity index is 779. The number of carbonyl (C=O) groups excluding carboxylic acids is 1. The zero-order chi connectivity index (χ0) is 16.8. The molecule has 0 fully saturated rings. The normalized spacial score (nSPS) is 21.7. The summed E-state index contributed by atoms with van der Waals surface area (Å²) in [7, 11) is 0. The SMILES string of the molecule is CCC12C=CC(=O)C=C1c1c(cc(OCC(=O)O)c(Cl)c1Cl)C2. The third-order valence-electron chi connectivity index (χ3n) is 4.40. The van der Waals surface area contributed by atoms with E-state index in [0.29, 0.717) is 11.4 Å². The summed E-state index contributed by atoms with van der Waals surface area (Å²) in [4.78, 5) is 22.5. The molecule has 4 nitrogen and oxygen atoms in total. The fourth-order valence-electron chi connectivity index (χ4n) is 3.24. The Morgan fingerprint density at radius 3 is 2.78 bits per heavy atom. The molecule has 1 aromatic rings. The molecule has 6 heteroatoms. The van der Waals surface area contributed by atoms with Crippen LogP contribution in [0.5, 0.6) is 5.75 Å². The van der Waals surface area contributed by atoms with Gasteiger partial charge in [0.15, 0.2) is 12.4 Å². The number of carboxylic acids is 1. The van der Waals surface area contributed by atoms with Gasteiger partial charge in [-0.3, -0.25) is 4.79 Å². The van der Waals surface area contributed by atoms with Gasteiger partial charge in [0.2, 0.25) is 0 Å². The van der Waals surface area contributed by atoms with E-state index in [1.807, 2.05) is 6.08 Å². The summed E-state index contributed by atoms with van der Waals surface area (Å²) in [6, 6.07) is 1.72. The summed E-state index contributed by atoms with van der Waals surface area (Å²) in [6.07, 6.45) is 6.60. The Morgan fingerprint density at radius 2 is 2.13 bits per heavy atom. The molecule has 0 saturated carbocycles. The Hall–Kier alpha value is -1.78. The maximum Gasteiger partial charge on any atom is 0.341 e. The quantitative estimate of drug-likeness (QED) is 0.891. The first-order valence-electron chi connectivity index (χ1n) is 7.19. The minimum Gasteiger partial charge on any atom is -0.480 e. The topological polar surface area (TPSA) is 63.6 Å². The second-order valence-electron chi connectivity index (χ2n) is 5.70. The first-order valence-corrected chi connectivity index (χ1v) is 7.95. The minimum absolute atomic E-state index is 0.0738. The van der Waals surface area contributed by atoms with E-state index < -0.39 is 12.6 Å². The monoisotopic (exact) mass is 352 g/mol. The molecule has 0 aliphatic heterocycles. The van der Waals surface area contributed by atoms with Crippen molar-refractivity contribution in [3.63, 3.8) is 0 Å². The minimum atomic E-state index is -1.09. The molecule has 0 radical (unpaired) electrons. The van der Waals surface area contributed by atoms with Gasteiger partial charge in [0.05, 0.1) is 5.02 Å². The molecule has 23 heavy (non-hydrogen) atoms. The number of rotatable bonds is 4. The smallest absolute Gasteiger partial charge is 0.341 e. The van der Waals surface area contributed by atoms with Crippen molar-refractivity contribution in [2.24, 2.45) is 5.41 Å². The molecular formula is C17H14Cl2O4. The second-order valence-corrected chi connectivity index (χ2v) is 6.46. The predicted octanol–water partition coefficient (Wildman–Crippen LogP) is 3.93. The van der Waals surface area contributed by atoms with E-state index in [1.165, 1.54) is 0 Å². The van der Waals surface area contributed by atoms with Crippen LogP contribution in [0.2, 0.25) is 10.0 Å². The van der Waals surface area contributed by atoms with E-state index in [9.17, 15) is 9.59 Å². The first kappa shape index (κ1) is 16.1. The van der Waals surface area contributed by atoms with Crippen LogP contribution < -0.4 is 4.74 Å². The van der Waals surface area contributed by atoms with Crippen molar-refractivity contribution in [2.45, 2.75) is 19.8 Å². The van der Waals surface area contributed by atoms with Gasteiger partial charge in [0.1, 0.15) is 10.8 Å². The first-order chi connectivity index (χ1) is 10.9. The van der Waals surface area contributed by atoms with Gasteiger partial charge in [0, 0.05) is 11.0 Å². The number of hydrogen-bond donors (Lipinski definition) is 1. The number of ether oxygens (including phenoxy) is 1. The van der Waals surface area contributed by atoms with Gasteiger partial charge in [-0.05, 0) is 42.2 Å². The molecule has 1 atom stereocenters. The standard InChI is InChI=1S/C17H14Cl2O4/c1-2-17-4-3-10(20)6-11(17)14-9(7-17)5-12(15(18)16(14)19)23-8-13(21)22/h3-6H,2,7-8H2,1H3,(H,21,22). The summed E-state index contributed by atoms with van der Waals surface area (Å²) in [5.74, 6) is -0.915. The van der Waals surface area contributed by atoms with Crippen molar-refractivity contribution in [3.05, 3.63) is 45.5 Å². The van der Waals surface area contributed by atoms with Crippen molar-refractivity contribution in [2.75, 3.05) is 6.61 Å². The molecule has 0 heterocycles. The second kappa shape index (κ2) is 5.69. The lowest BCUT2D eigenvalue weighted by molar-refractivity contribution is -0.139. The molecule has 0 saturated heterocycles. The Kier molecular flexibility index (Phi) is 3.98. The van der Waals surface area contributed by atoms with Crippen molar-refractivity contribution in [3.8, 4) is 5.75 Å². The van der Waals surface area contributed by atoms with Gasteiger partial charge in [0.25, 0.3) is 0 Å². The molecule has 0 amide bonds. The number of hydrogen-bond acceptors (Lipinski definition) is 3. The highest BCUT2D eigenvalue weighted by atomic mass is 35.5. The van der Waals surface area contributed by atoms with Crippen LogP contribution in [0.3, 0.4) is 0 Å². The third-order valence-corrected chi connectivity index (χ3v) is 5.25. The van der Waals surface area contributed by atoms with E-state index in [1.54, 1.807) is 18.2 Å².